The standard InChI is InChI=1S/C11H8ClNO3/c1-6-4-7(12)2-3-8(6)9-5-10(11(14)15)16-13-9/h2-5H,1H3,(H,14,15). The second-order valence-electron chi connectivity index (χ2n) is 3.34. The van der Waals surface area contributed by atoms with E-state index in [0.29, 0.717) is 10.7 Å². The Morgan fingerprint density at radius 3 is 2.75 bits per heavy atom. The summed E-state index contributed by atoms with van der Waals surface area (Å²) in [6.07, 6.45) is 0. The topological polar surface area (TPSA) is 63.3 Å². The van der Waals surface area contributed by atoms with Crippen LogP contribution < -0.4 is 0 Å². The van der Waals surface area contributed by atoms with Crippen molar-refractivity contribution in [3.05, 3.63) is 40.6 Å². The fourth-order valence-electron chi connectivity index (χ4n) is 1.42. The summed E-state index contributed by atoms with van der Waals surface area (Å²) in [5.74, 6) is -1.31. The van der Waals surface area contributed by atoms with Gasteiger partial charge in [0.25, 0.3) is 0 Å². The molecule has 0 aliphatic rings. The molecule has 1 aromatic carbocycles. The van der Waals surface area contributed by atoms with Gasteiger partial charge in [0.2, 0.25) is 5.76 Å². The van der Waals surface area contributed by atoms with E-state index in [9.17, 15) is 4.79 Å². The first-order valence-corrected chi connectivity index (χ1v) is 4.92. The number of halogens is 1. The van der Waals surface area contributed by atoms with Crippen molar-refractivity contribution in [3.63, 3.8) is 0 Å². The lowest BCUT2D eigenvalue weighted by molar-refractivity contribution is 0.0652. The van der Waals surface area contributed by atoms with E-state index in [-0.39, 0.29) is 5.76 Å². The minimum Gasteiger partial charge on any atom is -0.475 e. The highest BCUT2D eigenvalue weighted by Crippen LogP contribution is 2.25. The van der Waals surface area contributed by atoms with Crippen LogP contribution in [0.2, 0.25) is 5.02 Å². The third-order valence-corrected chi connectivity index (χ3v) is 2.42. The fraction of sp³-hybridized carbons (Fsp3) is 0.0909. The summed E-state index contributed by atoms with van der Waals surface area (Å²) in [5, 5.41) is 13.0. The van der Waals surface area contributed by atoms with Crippen LogP contribution in [-0.4, -0.2) is 16.2 Å². The molecule has 0 bridgehead atoms. The number of aryl methyl sites for hydroxylation is 1. The first-order valence-electron chi connectivity index (χ1n) is 4.54. The Labute approximate surface area is 96.4 Å². The van der Waals surface area contributed by atoms with E-state index in [1.54, 1.807) is 18.2 Å². The van der Waals surface area contributed by atoms with E-state index in [2.05, 4.69) is 9.68 Å². The van der Waals surface area contributed by atoms with E-state index >= 15 is 0 Å². The number of benzene rings is 1. The number of nitrogens with zero attached hydrogens (tertiary/aromatic N) is 1. The van der Waals surface area contributed by atoms with Crippen LogP contribution in [0.5, 0.6) is 0 Å². The Kier molecular flexibility index (Phi) is 2.66. The van der Waals surface area contributed by atoms with Gasteiger partial charge < -0.3 is 9.63 Å². The van der Waals surface area contributed by atoms with Crippen molar-refractivity contribution in [3.8, 4) is 11.3 Å². The number of carbonyl (C=O) groups is 1. The molecule has 0 fully saturated rings. The largest absolute Gasteiger partial charge is 0.475 e. The molecule has 0 spiro atoms. The molecule has 1 aromatic heterocycles. The zero-order chi connectivity index (χ0) is 11.7. The summed E-state index contributed by atoms with van der Waals surface area (Å²) < 4.78 is 4.68. The Bertz CT molecular complexity index is 548. The summed E-state index contributed by atoms with van der Waals surface area (Å²) in [5.41, 5.74) is 2.21. The minimum absolute atomic E-state index is 0.177. The number of aromatic nitrogens is 1. The van der Waals surface area contributed by atoms with Gasteiger partial charge in [0.05, 0.1) is 0 Å². The summed E-state index contributed by atoms with van der Waals surface area (Å²) in [4.78, 5) is 10.6. The van der Waals surface area contributed by atoms with E-state index < -0.39 is 5.97 Å². The number of aromatic carboxylic acids is 1. The van der Waals surface area contributed by atoms with Gasteiger partial charge in [0, 0.05) is 16.7 Å². The first kappa shape index (κ1) is 10.7. The van der Waals surface area contributed by atoms with Crippen LogP contribution in [-0.2, 0) is 0 Å². The highest BCUT2D eigenvalue weighted by atomic mass is 35.5. The van der Waals surface area contributed by atoms with Crippen molar-refractivity contribution in [2.45, 2.75) is 6.92 Å². The molecule has 0 aliphatic carbocycles. The van der Waals surface area contributed by atoms with Crippen LogP contribution in [0.25, 0.3) is 11.3 Å². The van der Waals surface area contributed by atoms with Crippen molar-refractivity contribution in [1.82, 2.24) is 5.16 Å². The zero-order valence-electron chi connectivity index (χ0n) is 8.40. The number of carboxylic acid groups (broad SMARTS) is 1. The number of rotatable bonds is 2. The summed E-state index contributed by atoms with van der Waals surface area (Å²) in [7, 11) is 0. The maximum Gasteiger partial charge on any atom is 0.374 e. The molecule has 0 unspecified atom stereocenters. The number of carboxylic acids is 1. The van der Waals surface area contributed by atoms with Gasteiger partial charge in [0.1, 0.15) is 5.69 Å². The van der Waals surface area contributed by atoms with Crippen LogP contribution in [0.3, 0.4) is 0 Å². The molecular weight excluding hydrogens is 230 g/mol. The zero-order valence-corrected chi connectivity index (χ0v) is 9.15. The van der Waals surface area contributed by atoms with Gasteiger partial charge in [-0.25, -0.2) is 4.79 Å². The molecule has 2 aromatic rings. The molecule has 1 heterocycles. The van der Waals surface area contributed by atoms with Crippen LogP contribution in [0.4, 0.5) is 0 Å². The highest BCUT2D eigenvalue weighted by molar-refractivity contribution is 6.30. The van der Waals surface area contributed by atoms with Gasteiger partial charge in [-0.15, -0.1) is 0 Å². The van der Waals surface area contributed by atoms with Crippen molar-refractivity contribution < 1.29 is 14.4 Å². The maximum absolute atomic E-state index is 10.6. The lowest BCUT2D eigenvalue weighted by Crippen LogP contribution is -1.91. The molecule has 0 saturated carbocycles. The van der Waals surface area contributed by atoms with E-state index in [1.807, 2.05) is 6.92 Å². The van der Waals surface area contributed by atoms with Crippen LogP contribution >= 0.6 is 11.6 Å². The summed E-state index contributed by atoms with van der Waals surface area (Å²) >= 11 is 5.82. The quantitative estimate of drug-likeness (QED) is 0.872. The molecule has 82 valence electrons. The molecule has 0 saturated heterocycles. The Morgan fingerprint density at radius 1 is 1.44 bits per heavy atom. The van der Waals surface area contributed by atoms with Gasteiger partial charge in [-0.1, -0.05) is 22.8 Å². The van der Waals surface area contributed by atoms with E-state index in [4.69, 9.17) is 16.7 Å². The predicted molar refractivity (Wildman–Crippen MR) is 58.6 cm³/mol. The molecule has 0 aliphatic heterocycles. The molecule has 5 heteroatoms. The van der Waals surface area contributed by atoms with Crippen LogP contribution in [0.1, 0.15) is 16.1 Å². The fourth-order valence-corrected chi connectivity index (χ4v) is 1.64. The van der Waals surface area contributed by atoms with Gasteiger partial charge >= 0.3 is 5.97 Å². The first-order chi connectivity index (χ1) is 7.58. The molecule has 16 heavy (non-hydrogen) atoms. The van der Waals surface area contributed by atoms with Crippen molar-refractivity contribution in [1.29, 1.82) is 0 Å². The second kappa shape index (κ2) is 3.98. The van der Waals surface area contributed by atoms with Crippen molar-refractivity contribution >= 4 is 17.6 Å². The number of hydrogen-bond acceptors (Lipinski definition) is 3. The van der Waals surface area contributed by atoms with Gasteiger partial charge in [-0.3, -0.25) is 0 Å². The van der Waals surface area contributed by atoms with E-state index in [1.165, 1.54) is 6.07 Å². The van der Waals surface area contributed by atoms with Gasteiger partial charge in [-0.05, 0) is 24.6 Å². The third-order valence-electron chi connectivity index (χ3n) is 2.19. The van der Waals surface area contributed by atoms with Crippen molar-refractivity contribution in [2.75, 3.05) is 0 Å². The van der Waals surface area contributed by atoms with Crippen LogP contribution in [0, 0.1) is 6.92 Å². The maximum atomic E-state index is 10.6. The average molecular weight is 238 g/mol. The van der Waals surface area contributed by atoms with E-state index in [0.717, 1.165) is 11.1 Å². The number of hydrogen-bond donors (Lipinski definition) is 1. The third kappa shape index (κ3) is 1.92. The molecular formula is C11H8ClNO3. The van der Waals surface area contributed by atoms with Gasteiger partial charge in [-0.2, -0.15) is 0 Å². The monoisotopic (exact) mass is 237 g/mol. The summed E-state index contributed by atoms with van der Waals surface area (Å²) in [6, 6.07) is 6.67. The Hall–Kier alpha value is -1.81. The molecule has 4 nitrogen and oxygen atoms in total. The van der Waals surface area contributed by atoms with Crippen molar-refractivity contribution in [2.24, 2.45) is 0 Å². The highest BCUT2D eigenvalue weighted by Gasteiger charge is 2.13. The summed E-state index contributed by atoms with van der Waals surface area (Å²) in [6.45, 7) is 1.87. The SMILES string of the molecule is Cc1cc(Cl)ccc1-c1cc(C(=O)O)on1. The molecule has 0 amide bonds. The molecule has 1 N–H and O–H groups in total. The molecule has 2 rings (SSSR count). The normalized spacial score (nSPS) is 10.4. The lowest BCUT2D eigenvalue weighted by atomic mass is 10.1. The Morgan fingerprint density at radius 2 is 2.19 bits per heavy atom. The smallest absolute Gasteiger partial charge is 0.374 e. The molecule has 0 radical (unpaired) electrons. The minimum atomic E-state index is -1.13. The predicted octanol–water partition coefficient (Wildman–Crippen LogP) is 3.00. The second-order valence-corrected chi connectivity index (χ2v) is 3.78. The molecule has 0 atom stereocenters. The van der Waals surface area contributed by atoms with Gasteiger partial charge in [0.15, 0.2) is 0 Å². The Balaban J connectivity index is 2.46. The van der Waals surface area contributed by atoms with Crippen LogP contribution in [0.15, 0.2) is 28.8 Å². The average Bonchev–Trinajstić information content (AvgIpc) is 2.66. The lowest BCUT2D eigenvalue weighted by Gasteiger charge is -2.01.